The molecule has 2 aliphatic rings. The van der Waals surface area contributed by atoms with E-state index in [2.05, 4.69) is 24.5 Å². The summed E-state index contributed by atoms with van der Waals surface area (Å²) in [7, 11) is 0. The van der Waals surface area contributed by atoms with E-state index in [1.807, 2.05) is 0 Å². The van der Waals surface area contributed by atoms with Gasteiger partial charge in [0.1, 0.15) is 0 Å². The normalized spacial score (nSPS) is 27.9. The van der Waals surface area contributed by atoms with Gasteiger partial charge in [0.15, 0.2) is 0 Å². The number of unbranched alkanes of at least 4 members (excludes halogenated alkanes) is 10. The van der Waals surface area contributed by atoms with Gasteiger partial charge in [0.25, 0.3) is 0 Å². The van der Waals surface area contributed by atoms with Crippen LogP contribution >= 0.6 is 0 Å². The molecule has 2 N–H and O–H groups in total. The highest BCUT2D eigenvalue weighted by Gasteiger charge is 2.30. The Morgan fingerprint density at radius 3 is 1.83 bits per heavy atom. The second kappa shape index (κ2) is 16.6. The summed E-state index contributed by atoms with van der Waals surface area (Å²) >= 11 is 0. The largest absolute Gasteiger partial charge is 0.378 e. The molecule has 0 unspecified atom stereocenters. The molecule has 1 heterocycles. The molecule has 0 spiro atoms. The van der Waals surface area contributed by atoms with E-state index in [0.717, 1.165) is 18.4 Å². The van der Waals surface area contributed by atoms with Crippen molar-refractivity contribution in [2.75, 3.05) is 19.7 Å². The third-order valence-electron chi connectivity index (χ3n) is 7.26. The van der Waals surface area contributed by atoms with E-state index < -0.39 is 0 Å². The molecule has 0 aromatic carbocycles. The van der Waals surface area contributed by atoms with Crippen molar-refractivity contribution >= 4 is 0 Å². The van der Waals surface area contributed by atoms with Crippen LogP contribution in [0.15, 0.2) is 0 Å². The van der Waals surface area contributed by atoms with E-state index in [4.69, 9.17) is 4.74 Å². The van der Waals surface area contributed by atoms with Gasteiger partial charge in [0, 0.05) is 19.7 Å². The maximum Gasteiger partial charge on any atom is 0.0600 e. The van der Waals surface area contributed by atoms with Gasteiger partial charge in [-0.15, -0.1) is 0 Å². The molecule has 29 heavy (non-hydrogen) atoms. The van der Waals surface area contributed by atoms with Crippen molar-refractivity contribution in [2.45, 2.75) is 135 Å². The number of nitrogens with one attached hydrogen (secondary N) is 2. The molecule has 0 amide bonds. The summed E-state index contributed by atoms with van der Waals surface area (Å²) < 4.78 is 6.20. The first-order chi connectivity index (χ1) is 14.3. The summed E-state index contributed by atoms with van der Waals surface area (Å²) in [4.78, 5) is 0. The van der Waals surface area contributed by atoms with Crippen LogP contribution in [0.5, 0.6) is 0 Å². The number of rotatable bonds is 16. The van der Waals surface area contributed by atoms with Crippen molar-refractivity contribution in [3.63, 3.8) is 0 Å². The third kappa shape index (κ3) is 11.2. The van der Waals surface area contributed by atoms with Crippen LogP contribution in [-0.2, 0) is 4.74 Å². The van der Waals surface area contributed by atoms with Crippen LogP contribution in [0.4, 0.5) is 0 Å². The lowest BCUT2D eigenvalue weighted by atomic mass is 9.84. The average Bonchev–Trinajstić information content (AvgIpc) is 2.76. The van der Waals surface area contributed by atoms with Crippen LogP contribution in [0.1, 0.15) is 123 Å². The first-order valence-corrected chi connectivity index (χ1v) is 13.4. The summed E-state index contributed by atoms with van der Waals surface area (Å²) in [5, 5.41) is 7.65. The van der Waals surface area contributed by atoms with Crippen LogP contribution in [0.3, 0.4) is 0 Å². The van der Waals surface area contributed by atoms with Gasteiger partial charge in [0.05, 0.1) is 12.3 Å². The fourth-order valence-corrected chi connectivity index (χ4v) is 5.20. The second-order valence-electron chi connectivity index (χ2n) is 9.89. The van der Waals surface area contributed by atoms with Gasteiger partial charge >= 0.3 is 0 Å². The zero-order chi connectivity index (χ0) is 20.6. The molecule has 0 aromatic heterocycles. The molecule has 1 saturated heterocycles. The van der Waals surface area contributed by atoms with Crippen LogP contribution < -0.4 is 10.6 Å². The second-order valence-corrected chi connectivity index (χ2v) is 9.89. The molecule has 0 aromatic rings. The molecule has 172 valence electrons. The Hall–Kier alpha value is -0.120. The molecule has 1 aliphatic carbocycles. The Kier molecular flexibility index (Phi) is 14.4. The minimum Gasteiger partial charge on any atom is -0.378 e. The molecule has 1 saturated carbocycles. The van der Waals surface area contributed by atoms with E-state index in [1.165, 1.54) is 122 Å². The Morgan fingerprint density at radius 1 is 0.655 bits per heavy atom. The number of hydrogen-bond acceptors (Lipinski definition) is 3. The molecule has 3 heteroatoms. The molecule has 2 fully saturated rings. The van der Waals surface area contributed by atoms with Gasteiger partial charge in [-0.2, -0.15) is 0 Å². The highest BCUT2D eigenvalue weighted by Crippen LogP contribution is 2.29. The van der Waals surface area contributed by atoms with Crippen molar-refractivity contribution in [1.29, 1.82) is 0 Å². The SMILES string of the molecule is CCCCCCCCCCOC1CCC(C2NCC(CCCCCC)CN2)CC1. The van der Waals surface area contributed by atoms with Crippen molar-refractivity contribution < 1.29 is 4.74 Å². The summed E-state index contributed by atoms with van der Waals surface area (Å²) in [5.41, 5.74) is 0. The summed E-state index contributed by atoms with van der Waals surface area (Å²) in [6.07, 6.45) is 24.3. The van der Waals surface area contributed by atoms with Gasteiger partial charge < -0.3 is 15.4 Å². The van der Waals surface area contributed by atoms with Crippen LogP contribution in [0, 0.1) is 11.8 Å². The Bertz CT molecular complexity index is 360. The Labute approximate surface area is 182 Å². The lowest BCUT2D eigenvalue weighted by Crippen LogP contribution is -2.56. The fraction of sp³-hybridized carbons (Fsp3) is 1.00. The van der Waals surface area contributed by atoms with E-state index in [1.54, 1.807) is 0 Å². The maximum atomic E-state index is 6.20. The average molecular weight is 409 g/mol. The van der Waals surface area contributed by atoms with Gasteiger partial charge in [-0.05, 0) is 50.4 Å². The topological polar surface area (TPSA) is 33.3 Å². The third-order valence-corrected chi connectivity index (χ3v) is 7.26. The van der Waals surface area contributed by atoms with Gasteiger partial charge in [0.2, 0.25) is 0 Å². The van der Waals surface area contributed by atoms with E-state index in [0.29, 0.717) is 12.3 Å². The minimum absolute atomic E-state index is 0.533. The van der Waals surface area contributed by atoms with Gasteiger partial charge in [-0.25, -0.2) is 0 Å². The standard InChI is InChI=1S/C26H52N2O/c1-3-5-7-9-10-11-12-14-20-29-25-18-16-24(17-19-25)26-27-21-23(22-28-26)15-13-8-6-4-2/h23-28H,3-22H2,1-2H3. The number of ether oxygens (including phenoxy) is 1. The quantitative estimate of drug-likeness (QED) is 0.275. The summed E-state index contributed by atoms with van der Waals surface area (Å²) in [5.74, 6) is 1.65. The molecule has 1 aliphatic heterocycles. The molecule has 2 rings (SSSR count). The first-order valence-electron chi connectivity index (χ1n) is 13.4. The molecular formula is C26H52N2O. The number of hydrogen-bond donors (Lipinski definition) is 2. The van der Waals surface area contributed by atoms with Gasteiger partial charge in [-0.3, -0.25) is 0 Å². The zero-order valence-corrected chi connectivity index (χ0v) is 19.9. The molecule has 0 radical (unpaired) electrons. The van der Waals surface area contributed by atoms with Crippen LogP contribution in [0.2, 0.25) is 0 Å². The van der Waals surface area contributed by atoms with E-state index >= 15 is 0 Å². The first kappa shape index (κ1) is 25.1. The van der Waals surface area contributed by atoms with E-state index in [-0.39, 0.29) is 0 Å². The summed E-state index contributed by atoms with van der Waals surface area (Å²) in [6, 6.07) is 0. The van der Waals surface area contributed by atoms with E-state index in [9.17, 15) is 0 Å². The van der Waals surface area contributed by atoms with Crippen molar-refractivity contribution in [3.05, 3.63) is 0 Å². The maximum absolute atomic E-state index is 6.20. The predicted octanol–water partition coefficient (Wildman–Crippen LogP) is 6.81. The molecule has 0 bridgehead atoms. The molecule has 3 nitrogen and oxygen atoms in total. The predicted molar refractivity (Wildman–Crippen MR) is 126 cm³/mol. The van der Waals surface area contributed by atoms with Crippen molar-refractivity contribution in [3.8, 4) is 0 Å². The molecular weight excluding hydrogens is 356 g/mol. The highest BCUT2D eigenvalue weighted by atomic mass is 16.5. The van der Waals surface area contributed by atoms with Crippen molar-refractivity contribution in [1.82, 2.24) is 10.6 Å². The fourth-order valence-electron chi connectivity index (χ4n) is 5.20. The molecule has 0 atom stereocenters. The zero-order valence-electron chi connectivity index (χ0n) is 19.9. The van der Waals surface area contributed by atoms with Crippen molar-refractivity contribution in [2.24, 2.45) is 11.8 Å². The Morgan fingerprint density at radius 2 is 1.21 bits per heavy atom. The minimum atomic E-state index is 0.533. The lowest BCUT2D eigenvalue weighted by Gasteiger charge is -2.39. The van der Waals surface area contributed by atoms with Crippen LogP contribution in [-0.4, -0.2) is 32.0 Å². The Balaban J connectivity index is 1.43. The van der Waals surface area contributed by atoms with Gasteiger partial charge in [-0.1, -0.05) is 84.5 Å². The summed E-state index contributed by atoms with van der Waals surface area (Å²) in [6.45, 7) is 8.02. The smallest absolute Gasteiger partial charge is 0.0600 e. The lowest BCUT2D eigenvalue weighted by molar-refractivity contribution is 0.00847. The monoisotopic (exact) mass is 408 g/mol. The van der Waals surface area contributed by atoms with Crippen LogP contribution in [0.25, 0.3) is 0 Å². The highest BCUT2D eigenvalue weighted by molar-refractivity contribution is 4.85.